The molecule has 3 aromatic rings. The van der Waals surface area contributed by atoms with Crippen LogP contribution in [0.3, 0.4) is 0 Å². The van der Waals surface area contributed by atoms with Gasteiger partial charge in [-0.1, -0.05) is 72.8 Å². The number of hydrogen-bond donors (Lipinski definition) is 6. The third-order valence-electron chi connectivity index (χ3n) is 6.35. The Kier molecular flexibility index (Phi) is 10.8. The highest BCUT2D eigenvalue weighted by molar-refractivity contribution is 5.93. The summed E-state index contributed by atoms with van der Waals surface area (Å²) in [7, 11) is 1.51. The van der Waals surface area contributed by atoms with E-state index in [0.29, 0.717) is 12.8 Å². The molecule has 3 atom stereocenters. The summed E-state index contributed by atoms with van der Waals surface area (Å²) < 4.78 is 0. The van der Waals surface area contributed by atoms with Gasteiger partial charge in [0.25, 0.3) is 0 Å². The summed E-state index contributed by atoms with van der Waals surface area (Å²) in [5.74, 6) is -1.36. The molecule has 0 aliphatic rings. The number of guanidine groups is 1. The SMILES string of the molecule is CNC(=O)[C@H](Cc1ccc2ccccc2c1)NC(=O)[C@H](CCCN=C(N)N)NC(=O)[C@H](N)Cc1ccccc1. The van der Waals surface area contributed by atoms with Crippen LogP contribution < -0.4 is 33.2 Å². The van der Waals surface area contributed by atoms with E-state index < -0.39 is 29.9 Å². The fourth-order valence-electron chi connectivity index (χ4n) is 4.27. The second-order valence-electron chi connectivity index (χ2n) is 9.37. The van der Waals surface area contributed by atoms with Gasteiger partial charge in [-0.15, -0.1) is 0 Å². The molecule has 0 aliphatic carbocycles. The van der Waals surface area contributed by atoms with E-state index >= 15 is 0 Å². The molecule has 0 saturated carbocycles. The normalized spacial score (nSPS) is 13.1. The van der Waals surface area contributed by atoms with Crippen molar-refractivity contribution < 1.29 is 14.4 Å². The van der Waals surface area contributed by atoms with Gasteiger partial charge >= 0.3 is 0 Å². The number of rotatable bonds is 13. The quantitative estimate of drug-likeness (QED) is 0.107. The van der Waals surface area contributed by atoms with Crippen LogP contribution in [0.5, 0.6) is 0 Å². The highest BCUT2D eigenvalue weighted by Crippen LogP contribution is 2.17. The van der Waals surface area contributed by atoms with Gasteiger partial charge in [0, 0.05) is 20.0 Å². The van der Waals surface area contributed by atoms with Crippen molar-refractivity contribution in [2.24, 2.45) is 22.2 Å². The van der Waals surface area contributed by atoms with Crippen LogP contribution in [0, 0.1) is 0 Å². The lowest BCUT2D eigenvalue weighted by Crippen LogP contribution is -2.56. The van der Waals surface area contributed by atoms with Crippen molar-refractivity contribution in [3.8, 4) is 0 Å². The van der Waals surface area contributed by atoms with Crippen LogP contribution in [0.4, 0.5) is 0 Å². The average molecular weight is 532 g/mol. The Labute approximate surface area is 228 Å². The maximum absolute atomic E-state index is 13.4. The molecule has 0 bridgehead atoms. The fraction of sp³-hybridized carbons (Fsp3) is 0.310. The number of carbonyl (C=O) groups is 3. The second-order valence-corrected chi connectivity index (χ2v) is 9.37. The lowest BCUT2D eigenvalue weighted by Gasteiger charge is -2.24. The minimum absolute atomic E-state index is 0.0556. The number of amides is 3. The Morgan fingerprint density at radius 3 is 2.13 bits per heavy atom. The molecule has 10 heteroatoms. The molecule has 10 nitrogen and oxygen atoms in total. The van der Waals surface area contributed by atoms with Crippen molar-refractivity contribution in [3.05, 3.63) is 83.9 Å². The number of nitrogens with zero attached hydrogens (tertiary/aromatic N) is 1. The molecular formula is C29H37N7O3. The lowest BCUT2D eigenvalue weighted by molar-refractivity contribution is -0.132. The van der Waals surface area contributed by atoms with Gasteiger partial charge in [-0.25, -0.2) is 0 Å². The Morgan fingerprint density at radius 1 is 0.769 bits per heavy atom. The van der Waals surface area contributed by atoms with E-state index in [9.17, 15) is 14.4 Å². The molecule has 39 heavy (non-hydrogen) atoms. The summed E-state index contributed by atoms with van der Waals surface area (Å²) in [4.78, 5) is 43.0. The van der Waals surface area contributed by atoms with E-state index in [0.717, 1.165) is 21.9 Å². The Morgan fingerprint density at radius 2 is 1.44 bits per heavy atom. The van der Waals surface area contributed by atoms with Crippen LogP contribution in [-0.2, 0) is 27.2 Å². The molecule has 0 saturated heterocycles. The molecule has 0 radical (unpaired) electrons. The Balaban J connectivity index is 1.72. The second kappa shape index (κ2) is 14.5. The van der Waals surface area contributed by atoms with E-state index in [1.165, 1.54) is 7.05 Å². The highest BCUT2D eigenvalue weighted by Gasteiger charge is 2.28. The third kappa shape index (κ3) is 9.11. The summed E-state index contributed by atoms with van der Waals surface area (Å²) in [6, 6.07) is 20.6. The lowest BCUT2D eigenvalue weighted by atomic mass is 10.0. The van der Waals surface area contributed by atoms with Gasteiger partial charge in [0.15, 0.2) is 5.96 Å². The first kappa shape index (κ1) is 29.1. The number of nitrogens with one attached hydrogen (secondary N) is 3. The minimum Gasteiger partial charge on any atom is -0.370 e. The highest BCUT2D eigenvalue weighted by atomic mass is 16.2. The van der Waals surface area contributed by atoms with Crippen molar-refractivity contribution in [1.82, 2.24) is 16.0 Å². The standard InChI is InChI=1S/C29H37N7O3/c1-33-27(38)25(18-20-13-14-21-10-5-6-11-22(21)16-20)36-28(39)24(12-7-15-34-29(31)32)35-26(37)23(30)17-19-8-3-2-4-9-19/h2-6,8-11,13-14,16,23-25H,7,12,15,17-18,30H2,1H3,(H,33,38)(H,35,37)(H,36,39)(H4,31,32,34)/t23-,24+,25+/m1/s1. The molecule has 0 fully saturated rings. The number of hydrogen-bond acceptors (Lipinski definition) is 5. The maximum Gasteiger partial charge on any atom is 0.243 e. The van der Waals surface area contributed by atoms with Crippen molar-refractivity contribution in [3.63, 3.8) is 0 Å². The van der Waals surface area contributed by atoms with Gasteiger partial charge in [0.2, 0.25) is 17.7 Å². The number of benzene rings is 3. The zero-order chi connectivity index (χ0) is 28.2. The minimum atomic E-state index is -0.933. The zero-order valence-electron chi connectivity index (χ0n) is 22.1. The average Bonchev–Trinajstić information content (AvgIpc) is 2.94. The first-order valence-electron chi connectivity index (χ1n) is 12.9. The van der Waals surface area contributed by atoms with Gasteiger partial charge in [-0.05, 0) is 41.2 Å². The van der Waals surface area contributed by atoms with E-state index in [4.69, 9.17) is 17.2 Å². The smallest absolute Gasteiger partial charge is 0.243 e. The van der Waals surface area contributed by atoms with Gasteiger partial charge in [-0.3, -0.25) is 19.4 Å². The Hall–Kier alpha value is -4.44. The zero-order valence-corrected chi connectivity index (χ0v) is 22.1. The summed E-state index contributed by atoms with van der Waals surface area (Å²) in [6.45, 7) is 0.286. The van der Waals surface area contributed by atoms with Gasteiger partial charge < -0.3 is 33.2 Å². The summed E-state index contributed by atoms with van der Waals surface area (Å²) in [5, 5.41) is 10.3. The van der Waals surface area contributed by atoms with Crippen molar-refractivity contribution in [2.75, 3.05) is 13.6 Å². The number of nitrogens with two attached hydrogens (primary N) is 3. The molecule has 206 valence electrons. The largest absolute Gasteiger partial charge is 0.370 e. The van der Waals surface area contributed by atoms with Crippen LogP contribution >= 0.6 is 0 Å². The predicted octanol–water partition coefficient (Wildman–Crippen LogP) is 0.722. The van der Waals surface area contributed by atoms with Crippen LogP contribution in [0.2, 0.25) is 0 Å². The molecule has 0 unspecified atom stereocenters. The van der Waals surface area contributed by atoms with E-state index in [2.05, 4.69) is 20.9 Å². The van der Waals surface area contributed by atoms with E-state index in [1.54, 1.807) is 0 Å². The summed E-state index contributed by atoms with van der Waals surface area (Å²) in [6.07, 6.45) is 1.28. The first-order chi connectivity index (χ1) is 18.8. The first-order valence-corrected chi connectivity index (χ1v) is 12.9. The molecule has 0 aliphatic heterocycles. The number of carbonyl (C=O) groups excluding carboxylic acids is 3. The van der Waals surface area contributed by atoms with E-state index in [1.807, 2.05) is 72.8 Å². The van der Waals surface area contributed by atoms with Crippen LogP contribution in [0.25, 0.3) is 10.8 Å². The topological polar surface area (TPSA) is 178 Å². The number of likely N-dealkylation sites (N-methyl/N-ethyl adjacent to an activating group) is 1. The van der Waals surface area contributed by atoms with Crippen LogP contribution in [0.15, 0.2) is 77.8 Å². The van der Waals surface area contributed by atoms with E-state index in [-0.39, 0.29) is 31.3 Å². The molecule has 3 amide bonds. The number of fused-ring (bicyclic) bond motifs is 1. The molecular weight excluding hydrogens is 494 g/mol. The monoisotopic (exact) mass is 531 g/mol. The molecule has 9 N–H and O–H groups in total. The van der Waals surface area contributed by atoms with Crippen LogP contribution in [-0.4, -0.2) is 55.4 Å². The summed E-state index contributed by atoms with van der Waals surface area (Å²) >= 11 is 0. The molecule has 0 aromatic heterocycles. The van der Waals surface area contributed by atoms with Gasteiger partial charge in [0.05, 0.1) is 6.04 Å². The van der Waals surface area contributed by atoms with Gasteiger partial charge in [-0.2, -0.15) is 0 Å². The summed E-state index contributed by atoms with van der Waals surface area (Å²) in [5.41, 5.74) is 18.8. The van der Waals surface area contributed by atoms with Crippen molar-refractivity contribution >= 4 is 34.5 Å². The van der Waals surface area contributed by atoms with Crippen molar-refractivity contribution in [1.29, 1.82) is 0 Å². The molecule has 0 spiro atoms. The fourth-order valence-corrected chi connectivity index (χ4v) is 4.27. The number of aliphatic imine (C=N–C) groups is 1. The maximum atomic E-state index is 13.4. The van der Waals surface area contributed by atoms with Crippen LogP contribution in [0.1, 0.15) is 24.0 Å². The molecule has 3 aromatic carbocycles. The predicted molar refractivity (Wildman–Crippen MR) is 154 cm³/mol. The third-order valence-corrected chi connectivity index (χ3v) is 6.35. The van der Waals surface area contributed by atoms with Gasteiger partial charge in [0.1, 0.15) is 12.1 Å². The van der Waals surface area contributed by atoms with Crippen molar-refractivity contribution in [2.45, 2.75) is 43.8 Å². The molecule has 3 rings (SSSR count). The molecule has 0 heterocycles. The Bertz CT molecular complexity index is 1290.